The Morgan fingerprint density at radius 3 is 2.80 bits per heavy atom. The Bertz CT molecular complexity index is 582. The van der Waals surface area contributed by atoms with Crippen LogP contribution in [0.3, 0.4) is 0 Å². The Morgan fingerprint density at radius 1 is 1.45 bits per heavy atom. The molecule has 0 aliphatic heterocycles. The highest BCUT2D eigenvalue weighted by atomic mass is 79.9. The zero-order chi connectivity index (χ0) is 14.5. The van der Waals surface area contributed by atoms with E-state index in [9.17, 15) is 4.79 Å². The van der Waals surface area contributed by atoms with E-state index in [4.69, 9.17) is 5.73 Å². The van der Waals surface area contributed by atoms with E-state index in [0.717, 1.165) is 21.5 Å². The number of rotatable bonds is 5. The molecule has 2 aromatic rings. The standard InChI is InChI=1S/C14H16BrN3OS/c1-2-11(16)14-18-12(8-20-14)13(19)17-7-9-3-5-10(15)6-4-9/h3-6,8,11H,2,7,16H2,1H3,(H,17,19). The first-order valence-electron chi connectivity index (χ1n) is 6.33. The van der Waals surface area contributed by atoms with Crippen LogP contribution >= 0.6 is 27.3 Å². The largest absolute Gasteiger partial charge is 0.347 e. The molecule has 0 bridgehead atoms. The number of nitrogens with two attached hydrogens (primary N) is 1. The third-order valence-electron chi connectivity index (χ3n) is 2.88. The van der Waals surface area contributed by atoms with Gasteiger partial charge in [-0.15, -0.1) is 11.3 Å². The van der Waals surface area contributed by atoms with E-state index < -0.39 is 0 Å². The molecule has 2 rings (SSSR count). The molecular formula is C14H16BrN3OS. The SMILES string of the molecule is CCC(N)c1nc(C(=O)NCc2ccc(Br)cc2)cs1. The van der Waals surface area contributed by atoms with Gasteiger partial charge in [-0.3, -0.25) is 4.79 Å². The van der Waals surface area contributed by atoms with Crippen LogP contribution in [-0.2, 0) is 6.54 Å². The zero-order valence-electron chi connectivity index (χ0n) is 11.1. The number of hydrogen-bond acceptors (Lipinski definition) is 4. The van der Waals surface area contributed by atoms with E-state index >= 15 is 0 Å². The van der Waals surface area contributed by atoms with Gasteiger partial charge in [0.15, 0.2) is 0 Å². The van der Waals surface area contributed by atoms with Crippen LogP contribution in [0.1, 0.15) is 40.4 Å². The number of aromatic nitrogens is 1. The van der Waals surface area contributed by atoms with Crippen molar-refractivity contribution in [2.45, 2.75) is 25.9 Å². The number of nitrogens with one attached hydrogen (secondary N) is 1. The third kappa shape index (κ3) is 3.88. The number of halogens is 1. The molecule has 6 heteroatoms. The van der Waals surface area contributed by atoms with Crippen LogP contribution in [-0.4, -0.2) is 10.9 Å². The van der Waals surface area contributed by atoms with Crippen molar-refractivity contribution in [3.63, 3.8) is 0 Å². The summed E-state index contributed by atoms with van der Waals surface area (Å²) in [6.45, 7) is 2.48. The molecule has 1 unspecified atom stereocenters. The molecule has 1 heterocycles. The second-order valence-electron chi connectivity index (χ2n) is 4.39. The van der Waals surface area contributed by atoms with E-state index in [1.54, 1.807) is 5.38 Å². The van der Waals surface area contributed by atoms with Gasteiger partial charge in [0.25, 0.3) is 5.91 Å². The highest BCUT2D eigenvalue weighted by Gasteiger charge is 2.13. The summed E-state index contributed by atoms with van der Waals surface area (Å²) < 4.78 is 1.02. The lowest BCUT2D eigenvalue weighted by Crippen LogP contribution is -2.23. The van der Waals surface area contributed by atoms with Gasteiger partial charge in [-0.05, 0) is 24.1 Å². The van der Waals surface area contributed by atoms with Crippen LogP contribution < -0.4 is 11.1 Å². The first-order valence-corrected chi connectivity index (χ1v) is 8.01. The van der Waals surface area contributed by atoms with Crippen molar-refractivity contribution in [3.8, 4) is 0 Å². The van der Waals surface area contributed by atoms with Gasteiger partial charge in [-0.25, -0.2) is 4.98 Å². The fourth-order valence-electron chi connectivity index (χ4n) is 1.61. The van der Waals surface area contributed by atoms with Gasteiger partial charge in [0.2, 0.25) is 0 Å². The maximum Gasteiger partial charge on any atom is 0.271 e. The van der Waals surface area contributed by atoms with Crippen molar-refractivity contribution in [2.75, 3.05) is 0 Å². The molecule has 3 N–H and O–H groups in total. The molecule has 0 fully saturated rings. The summed E-state index contributed by atoms with van der Waals surface area (Å²) in [4.78, 5) is 16.3. The van der Waals surface area contributed by atoms with Gasteiger partial charge < -0.3 is 11.1 Å². The molecule has 0 aliphatic rings. The van der Waals surface area contributed by atoms with Crippen LogP contribution in [0.4, 0.5) is 0 Å². The highest BCUT2D eigenvalue weighted by molar-refractivity contribution is 9.10. The van der Waals surface area contributed by atoms with Gasteiger partial charge >= 0.3 is 0 Å². The van der Waals surface area contributed by atoms with Gasteiger partial charge in [0.05, 0.1) is 6.04 Å². The van der Waals surface area contributed by atoms with Gasteiger partial charge in [-0.2, -0.15) is 0 Å². The van der Waals surface area contributed by atoms with E-state index in [1.807, 2.05) is 31.2 Å². The second kappa shape index (κ2) is 6.97. The molecule has 0 aliphatic carbocycles. The Labute approximate surface area is 130 Å². The molecule has 1 atom stereocenters. The monoisotopic (exact) mass is 353 g/mol. The Hall–Kier alpha value is -1.24. The average molecular weight is 354 g/mol. The minimum absolute atomic E-state index is 0.0898. The lowest BCUT2D eigenvalue weighted by molar-refractivity contribution is 0.0946. The molecule has 1 amide bonds. The van der Waals surface area contributed by atoms with Gasteiger partial charge in [0, 0.05) is 16.4 Å². The molecule has 0 saturated carbocycles. The molecule has 0 spiro atoms. The molecule has 0 saturated heterocycles. The Balaban J connectivity index is 1.94. The minimum Gasteiger partial charge on any atom is -0.347 e. The maximum atomic E-state index is 12.0. The normalized spacial score (nSPS) is 12.2. The molecule has 106 valence electrons. The van der Waals surface area contributed by atoms with Crippen LogP contribution in [0.5, 0.6) is 0 Å². The van der Waals surface area contributed by atoms with Crippen molar-refractivity contribution < 1.29 is 4.79 Å². The van der Waals surface area contributed by atoms with Crippen molar-refractivity contribution in [1.82, 2.24) is 10.3 Å². The average Bonchev–Trinajstić information content (AvgIpc) is 2.95. The van der Waals surface area contributed by atoms with Crippen LogP contribution in [0, 0.1) is 0 Å². The highest BCUT2D eigenvalue weighted by Crippen LogP contribution is 2.18. The molecule has 4 nitrogen and oxygen atoms in total. The summed E-state index contributed by atoms with van der Waals surface area (Å²) in [6, 6.07) is 7.73. The van der Waals surface area contributed by atoms with Crippen LogP contribution in [0.15, 0.2) is 34.1 Å². The number of hydrogen-bond donors (Lipinski definition) is 2. The topological polar surface area (TPSA) is 68.0 Å². The molecular weight excluding hydrogens is 338 g/mol. The summed E-state index contributed by atoms with van der Waals surface area (Å²) in [6.07, 6.45) is 0.813. The van der Waals surface area contributed by atoms with Crippen LogP contribution in [0.2, 0.25) is 0 Å². The van der Waals surface area contributed by atoms with Crippen molar-refractivity contribution in [1.29, 1.82) is 0 Å². The summed E-state index contributed by atoms with van der Waals surface area (Å²) in [7, 11) is 0. The first-order chi connectivity index (χ1) is 9.60. The number of amides is 1. The summed E-state index contributed by atoms with van der Waals surface area (Å²) in [5.41, 5.74) is 7.38. The van der Waals surface area contributed by atoms with Crippen LogP contribution in [0.25, 0.3) is 0 Å². The fraction of sp³-hybridized carbons (Fsp3) is 0.286. The Morgan fingerprint density at radius 2 is 2.15 bits per heavy atom. The zero-order valence-corrected chi connectivity index (χ0v) is 13.5. The summed E-state index contributed by atoms with van der Waals surface area (Å²) in [5.74, 6) is -0.168. The fourth-order valence-corrected chi connectivity index (χ4v) is 2.76. The van der Waals surface area contributed by atoms with Crippen molar-refractivity contribution in [2.24, 2.45) is 5.73 Å². The predicted octanol–water partition coefficient (Wildman–Crippen LogP) is 3.25. The number of benzene rings is 1. The van der Waals surface area contributed by atoms with Gasteiger partial charge in [-0.1, -0.05) is 35.0 Å². The first kappa shape index (κ1) is 15.2. The number of nitrogens with zero attached hydrogens (tertiary/aromatic N) is 1. The number of carbonyl (C=O) groups excluding carboxylic acids is 1. The third-order valence-corrected chi connectivity index (χ3v) is 4.38. The quantitative estimate of drug-likeness (QED) is 0.866. The lowest BCUT2D eigenvalue weighted by atomic mass is 10.2. The molecule has 1 aromatic heterocycles. The summed E-state index contributed by atoms with van der Waals surface area (Å²) >= 11 is 4.81. The number of thiazole rings is 1. The minimum atomic E-state index is -0.168. The van der Waals surface area contributed by atoms with E-state index in [-0.39, 0.29) is 11.9 Å². The molecule has 1 aromatic carbocycles. The van der Waals surface area contributed by atoms with E-state index in [0.29, 0.717) is 12.2 Å². The van der Waals surface area contributed by atoms with Gasteiger partial charge in [0.1, 0.15) is 10.7 Å². The maximum absolute atomic E-state index is 12.0. The Kier molecular flexibility index (Phi) is 5.28. The van der Waals surface area contributed by atoms with Crippen molar-refractivity contribution in [3.05, 3.63) is 50.4 Å². The molecule has 20 heavy (non-hydrogen) atoms. The van der Waals surface area contributed by atoms with Crippen molar-refractivity contribution >= 4 is 33.2 Å². The predicted molar refractivity (Wildman–Crippen MR) is 84.6 cm³/mol. The summed E-state index contributed by atoms with van der Waals surface area (Å²) in [5, 5.41) is 5.41. The molecule has 0 radical (unpaired) electrons. The number of carbonyl (C=O) groups is 1. The van der Waals surface area contributed by atoms with E-state index in [1.165, 1.54) is 11.3 Å². The second-order valence-corrected chi connectivity index (χ2v) is 6.20. The smallest absolute Gasteiger partial charge is 0.271 e. The lowest BCUT2D eigenvalue weighted by Gasteiger charge is -2.04. The van der Waals surface area contributed by atoms with E-state index in [2.05, 4.69) is 26.2 Å².